The molecule has 2 aromatic carbocycles. The largest absolute Gasteiger partial charge is 0.463 e. The zero-order valence-electron chi connectivity index (χ0n) is 14.5. The lowest BCUT2D eigenvalue weighted by Crippen LogP contribution is -2.24. The molecule has 1 aromatic heterocycles. The molecule has 0 spiro atoms. The second-order valence-corrected chi connectivity index (χ2v) is 8.99. The van der Waals surface area contributed by atoms with E-state index >= 15 is 0 Å². The molecule has 1 aliphatic rings. The van der Waals surface area contributed by atoms with Gasteiger partial charge in [-0.15, -0.1) is 11.3 Å². The lowest BCUT2D eigenvalue weighted by Gasteiger charge is -2.14. The van der Waals surface area contributed by atoms with E-state index in [0.717, 1.165) is 22.1 Å². The molecule has 1 aliphatic heterocycles. The van der Waals surface area contributed by atoms with Crippen LogP contribution in [0.4, 0.5) is 5.69 Å². The van der Waals surface area contributed by atoms with Crippen molar-refractivity contribution in [2.75, 3.05) is 11.3 Å². The van der Waals surface area contributed by atoms with Gasteiger partial charge in [-0.05, 0) is 34.4 Å². The number of esters is 2. The summed E-state index contributed by atoms with van der Waals surface area (Å²) in [5, 5.41) is 3.14. The third-order valence-electron chi connectivity index (χ3n) is 4.25. The Balaban J connectivity index is 1.74. The first-order valence-corrected chi connectivity index (χ1v) is 10.8. The SMILES string of the molecule is O=C(O[C@@H]1CCOC1=O)c1cc2ccccc2cc1NS(=O)(=O)c1cccs1. The molecular formula is C19H15NO6S2. The standard InChI is InChI=1S/C19H15NO6S2/c21-18(26-16-7-8-25-19(16)22)14-10-12-4-1-2-5-13(12)11-15(14)20-28(23,24)17-6-3-9-27-17/h1-6,9-11,16,20H,7-8H2/t16-/m1/s1. The van der Waals surface area contributed by atoms with E-state index in [9.17, 15) is 18.0 Å². The van der Waals surface area contributed by atoms with Crippen LogP contribution in [0.1, 0.15) is 16.8 Å². The Bertz CT molecular complexity index is 1150. The van der Waals surface area contributed by atoms with Crippen molar-refractivity contribution in [1.29, 1.82) is 0 Å². The highest BCUT2D eigenvalue weighted by molar-refractivity contribution is 7.94. The minimum Gasteiger partial charge on any atom is -0.463 e. The molecule has 1 N–H and O–H groups in total. The van der Waals surface area contributed by atoms with Crippen LogP contribution in [0, 0.1) is 0 Å². The van der Waals surface area contributed by atoms with Gasteiger partial charge in [0.15, 0.2) is 0 Å². The minimum atomic E-state index is -3.86. The van der Waals surface area contributed by atoms with E-state index in [0.29, 0.717) is 0 Å². The lowest BCUT2D eigenvalue weighted by atomic mass is 10.1. The molecule has 1 atom stereocenters. The zero-order valence-corrected chi connectivity index (χ0v) is 16.1. The summed E-state index contributed by atoms with van der Waals surface area (Å²) >= 11 is 1.07. The topological polar surface area (TPSA) is 98.8 Å². The fraction of sp³-hybridized carbons (Fsp3) is 0.158. The lowest BCUT2D eigenvalue weighted by molar-refractivity contribution is -0.145. The van der Waals surface area contributed by atoms with Crippen LogP contribution in [-0.2, 0) is 24.3 Å². The number of fused-ring (bicyclic) bond motifs is 1. The van der Waals surface area contributed by atoms with Gasteiger partial charge in [0.1, 0.15) is 4.21 Å². The summed E-state index contributed by atoms with van der Waals surface area (Å²) in [5.41, 5.74) is 0.113. The summed E-state index contributed by atoms with van der Waals surface area (Å²) in [6.07, 6.45) is -0.713. The van der Waals surface area contributed by atoms with Crippen LogP contribution in [0.15, 0.2) is 58.1 Å². The van der Waals surface area contributed by atoms with Crippen molar-refractivity contribution in [3.05, 3.63) is 59.5 Å². The molecule has 0 radical (unpaired) electrons. The molecule has 3 aromatic rings. The molecule has 0 aliphatic carbocycles. The Hall–Kier alpha value is -2.91. The van der Waals surface area contributed by atoms with Crippen LogP contribution in [0.5, 0.6) is 0 Å². The molecule has 28 heavy (non-hydrogen) atoms. The van der Waals surface area contributed by atoms with Crippen molar-refractivity contribution in [3.8, 4) is 0 Å². The molecule has 0 amide bonds. The first-order valence-electron chi connectivity index (χ1n) is 8.41. The maximum atomic E-state index is 12.7. The number of carbonyl (C=O) groups is 2. The molecule has 0 bridgehead atoms. The van der Waals surface area contributed by atoms with Gasteiger partial charge < -0.3 is 9.47 Å². The number of thiophene rings is 1. The monoisotopic (exact) mass is 417 g/mol. The van der Waals surface area contributed by atoms with Crippen LogP contribution in [0.25, 0.3) is 10.8 Å². The van der Waals surface area contributed by atoms with E-state index in [1.54, 1.807) is 35.7 Å². The predicted molar refractivity (Wildman–Crippen MR) is 104 cm³/mol. The van der Waals surface area contributed by atoms with Crippen LogP contribution >= 0.6 is 11.3 Å². The van der Waals surface area contributed by atoms with Gasteiger partial charge in [0.2, 0.25) is 6.10 Å². The first-order chi connectivity index (χ1) is 13.4. The van der Waals surface area contributed by atoms with Crippen molar-refractivity contribution >= 4 is 49.8 Å². The Morgan fingerprint density at radius 1 is 1.14 bits per heavy atom. The van der Waals surface area contributed by atoms with Crippen LogP contribution in [0.2, 0.25) is 0 Å². The highest BCUT2D eigenvalue weighted by Gasteiger charge is 2.31. The number of hydrogen-bond acceptors (Lipinski definition) is 7. The number of rotatable bonds is 5. The van der Waals surface area contributed by atoms with E-state index in [1.165, 1.54) is 6.07 Å². The normalized spacial score (nSPS) is 16.7. The molecule has 1 saturated heterocycles. The molecule has 2 heterocycles. The quantitative estimate of drug-likeness (QED) is 0.640. The van der Waals surface area contributed by atoms with E-state index < -0.39 is 28.1 Å². The maximum absolute atomic E-state index is 12.7. The highest BCUT2D eigenvalue weighted by atomic mass is 32.2. The Kier molecular flexibility index (Phi) is 4.78. The van der Waals surface area contributed by atoms with Crippen LogP contribution < -0.4 is 4.72 Å². The van der Waals surface area contributed by atoms with Crippen molar-refractivity contribution < 1.29 is 27.5 Å². The van der Waals surface area contributed by atoms with Crippen molar-refractivity contribution in [2.24, 2.45) is 0 Å². The number of cyclic esters (lactones) is 1. The summed E-state index contributed by atoms with van der Waals surface area (Å²) in [7, 11) is -3.86. The number of ether oxygens (including phenoxy) is 2. The van der Waals surface area contributed by atoms with Gasteiger partial charge in [-0.2, -0.15) is 0 Å². The van der Waals surface area contributed by atoms with Crippen molar-refractivity contribution in [2.45, 2.75) is 16.7 Å². The molecule has 9 heteroatoms. The Labute approximate surface area is 164 Å². The molecule has 0 unspecified atom stereocenters. The number of nitrogens with one attached hydrogen (secondary N) is 1. The van der Waals surface area contributed by atoms with Crippen molar-refractivity contribution in [1.82, 2.24) is 0 Å². The average Bonchev–Trinajstić information content (AvgIpc) is 3.34. The third kappa shape index (κ3) is 3.58. The van der Waals surface area contributed by atoms with Crippen molar-refractivity contribution in [3.63, 3.8) is 0 Å². The molecule has 144 valence electrons. The smallest absolute Gasteiger partial charge is 0.347 e. The number of carbonyl (C=O) groups excluding carboxylic acids is 2. The van der Waals surface area contributed by atoms with Gasteiger partial charge in [-0.1, -0.05) is 30.3 Å². The summed E-state index contributed by atoms with van der Waals surface area (Å²) in [4.78, 5) is 24.3. The van der Waals surface area contributed by atoms with Crippen LogP contribution in [-0.4, -0.2) is 33.1 Å². The van der Waals surface area contributed by atoms with E-state index in [2.05, 4.69) is 4.72 Å². The second kappa shape index (κ2) is 7.25. The Morgan fingerprint density at radius 2 is 1.89 bits per heavy atom. The van der Waals surface area contributed by atoms with E-state index in [-0.39, 0.29) is 28.5 Å². The van der Waals surface area contributed by atoms with Gasteiger partial charge >= 0.3 is 11.9 Å². The van der Waals surface area contributed by atoms with Gasteiger partial charge in [0.25, 0.3) is 10.0 Å². The Morgan fingerprint density at radius 3 is 2.54 bits per heavy atom. The summed E-state index contributed by atoms with van der Waals surface area (Å²) in [6.45, 7) is 0.187. The number of sulfonamides is 1. The molecule has 1 fully saturated rings. The van der Waals surface area contributed by atoms with Gasteiger partial charge in [0.05, 0.1) is 17.9 Å². The molecule has 0 saturated carbocycles. The number of benzene rings is 2. The average molecular weight is 417 g/mol. The maximum Gasteiger partial charge on any atom is 0.347 e. The van der Waals surface area contributed by atoms with E-state index in [4.69, 9.17) is 9.47 Å². The van der Waals surface area contributed by atoms with Crippen LogP contribution in [0.3, 0.4) is 0 Å². The second-order valence-electron chi connectivity index (χ2n) is 6.13. The summed E-state index contributed by atoms with van der Waals surface area (Å²) in [6, 6.07) is 13.4. The summed E-state index contributed by atoms with van der Waals surface area (Å²) < 4.78 is 37.9. The first kappa shape index (κ1) is 18.5. The van der Waals surface area contributed by atoms with Gasteiger partial charge in [-0.3, -0.25) is 4.72 Å². The fourth-order valence-electron chi connectivity index (χ4n) is 2.88. The molecular weight excluding hydrogens is 402 g/mol. The third-order valence-corrected chi connectivity index (χ3v) is 7.01. The van der Waals surface area contributed by atoms with E-state index in [1.807, 2.05) is 12.1 Å². The van der Waals surface area contributed by atoms with Gasteiger partial charge in [-0.25, -0.2) is 18.0 Å². The fourth-order valence-corrected chi connectivity index (χ4v) is 4.95. The molecule has 4 rings (SSSR count). The van der Waals surface area contributed by atoms with Gasteiger partial charge in [0, 0.05) is 6.42 Å². The minimum absolute atomic E-state index is 0.0264. The molecule has 7 nitrogen and oxygen atoms in total. The zero-order chi connectivity index (χ0) is 19.7. The predicted octanol–water partition coefficient (Wildman–Crippen LogP) is 3.17. The number of anilines is 1. The number of hydrogen-bond donors (Lipinski definition) is 1. The highest BCUT2D eigenvalue weighted by Crippen LogP contribution is 2.29. The summed E-state index contributed by atoms with van der Waals surface area (Å²) in [5.74, 6) is -1.40.